The predicted octanol–water partition coefficient (Wildman–Crippen LogP) is 15.4. The molecule has 0 spiro atoms. The fourth-order valence-electron chi connectivity index (χ4n) is 9.67. The lowest BCUT2D eigenvalue weighted by atomic mass is 9.80. The molecule has 0 radical (unpaired) electrons. The van der Waals surface area contributed by atoms with Crippen molar-refractivity contribution in [3.05, 3.63) is 0 Å². The Morgan fingerprint density at radius 1 is 0.397 bits per heavy atom. The van der Waals surface area contributed by atoms with Crippen LogP contribution in [0.1, 0.15) is 254 Å². The summed E-state index contributed by atoms with van der Waals surface area (Å²) in [6.45, 7) is 21.3. The van der Waals surface area contributed by atoms with E-state index in [-0.39, 0.29) is 29.8 Å². The van der Waals surface area contributed by atoms with Gasteiger partial charge in [-0.25, -0.2) is 4.79 Å². The van der Waals surface area contributed by atoms with E-state index in [9.17, 15) is 24.6 Å². The summed E-state index contributed by atoms with van der Waals surface area (Å²) in [6.07, 6.45) is 33.0. The maximum absolute atomic E-state index is 13.0. The molecule has 0 aliphatic heterocycles. The highest BCUT2D eigenvalue weighted by molar-refractivity contribution is 5.70. The first kappa shape index (κ1) is 61.1. The van der Waals surface area contributed by atoms with E-state index in [4.69, 9.17) is 9.47 Å². The molecule has 374 valence electrons. The van der Waals surface area contributed by atoms with E-state index in [1.54, 1.807) is 0 Å². The molecule has 0 aliphatic rings. The molecule has 0 heterocycles. The van der Waals surface area contributed by atoms with Crippen LogP contribution in [-0.2, 0) is 19.1 Å². The predicted molar refractivity (Wildman–Crippen MR) is 266 cm³/mol. The second-order valence-electron chi connectivity index (χ2n) is 19.1. The number of hydrogen-bond donors (Lipinski definition) is 2. The van der Waals surface area contributed by atoms with E-state index >= 15 is 0 Å². The molecule has 0 fully saturated rings. The summed E-state index contributed by atoms with van der Waals surface area (Å²) in [5, 5.41) is 20.6. The van der Waals surface area contributed by atoms with Crippen LogP contribution in [0.4, 0.5) is 4.79 Å². The Kier molecular flexibility index (Phi) is 42.7. The zero-order valence-corrected chi connectivity index (χ0v) is 42.8. The van der Waals surface area contributed by atoms with E-state index in [0.29, 0.717) is 13.2 Å². The maximum atomic E-state index is 13.0. The standard InChI is InChI=1S/C54H106N2O7/c1-8-15-19-27-35-47(36-28-20-16-9-2)50(52(57)58)41-33-25-23-31-39-49(63-54(61)62-46-45-56(14-7)44-43-55(12-5)13-6)40-32-24-26-34-42-51(53(59)60)48(37-29-21-17-10-3)38-30-22-18-11-4/h47-51H,8-46H2,1-7H3,(H,57,58)(H,59,60). The molecule has 63 heavy (non-hydrogen) atoms. The molecule has 0 aromatic rings. The lowest BCUT2D eigenvalue weighted by molar-refractivity contribution is -0.145. The van der Waals surface area contributed by atoms with Crippen molar-refractivity contribution in [2.24, 2.45) is 23.7 Å². The summed E-state index contributed by atoms with van der Waals surface area (Å²) < 4.78 is 11.6. The average Bonchev–Trinajstić information content (AvgIpc) is 3.27. The molecule has 2 unspecified atom stereocenters. The minimum atomic E-state index is -0.618. The second-order valence-corrected chi connectivity index (χ2v) is 19.1. The molecule has 0 rings (SSSR count). The second kappa shape index (κ2) is 44.0. The van der Waals surface area contributed by atoms with Gasteiger partial charge in [0, 0.05) is 19.6 Å². The van der Waals surface area contributed by atoms with Gasteiger partial charge in [0.15, 0.2) is 0 Å². The zero-order chi connectivity index (χ0) is 46.8. The molecule has 0 saturated heterocycles. The summed E-state index contributed by atoms with van der Waals surface area (Å²) in [5.74, 6) is -1.20. The van der Waals surface area contributed by atoms with Crippen LogP contribution in [0.5, 0.6) is 0 Å². The molecular weight excluding hydrogens is 789 g/mol. The van der Waals surface area contributed by atoms with Gasteiger partial charge in [-0.05, 0) is 95.7 Å². The fourth-order valence-corrected chi connectivity index (χ4v) is 9.67. The van der Waals surface area contributed by atoms with Crippen molar-refractivity contribution < 1.29 is 34.1 Å². The number of carboxylic acids is 2. The number of hydrogen-bond acceptors (Lipinski definition) is 7. The number of nitrogens with zero attached hydrogens (tertiary/aromatic N) is 2. The van der Waals surface area contributed by atoms with Gasteiger partial charge >= 0.3 is 18.1 Å². The highest BCUT2D eigenvalue weighted by Crippen LogP contribution is 2.32. The topological polar surface area (TPSA) is 117 Å². The lowest BCUT2D eigenvalue weighted by Gasteiger charge is -2.25. The van der Waals surface area contributed by atoms with E-state index in [0.717, 1.165) is 161 Å². The van der Waals surface area contributed by atoms with Crippen molar-refractivity contribution in [1.82, 2.24) is 9.80 Å². The first-order valence-electron chi connectivity index (χ1n) is 27.3. The van der Waals surface area contributed by atoms with Crippen molar-refractivity contribution in [1.29, 1.82) is 0 Å². The Morgan fingerprint density at radius 3 is 1.05 bits per heavy atom. The first-order chi connectivity index (χ1) is 30.6. The Labute approximate surface area is 390 Å². The number of rotatable bonds is 48. The average molecular weight is 895 g/mol. The van der Waals surface area contributed by atoms with Crippen LogP contribution in [-0.4, -0.2) is 90.1 Å². The number of aliphatic carboxylic acids is 2. The van der Waals surface area contributed by atoms with Gasteiger partial charge in [0.1, 0.15) is 12.7 Å². The highest BCUT2D eigenvalue weighted by atomic mass is 16.7. The van der Waals surface area contributed by atoms with Gasteiger partial charge in [0.05, 0.1) is 11.8 Å². The van der Waals surface area contributed by atoms with Crippen molar-refractivity contribution >= 4 is 18.1 Å². The molecular formula is C54H106N2O7. The smallest absolute Gasteiger partial charge is 0.481 e. The summed E-state index contributed by atoms with van der Waals surface area (Å²) in [5.41, 5.74) is 0. The van der Waals surface area contributed by atoms with Gasteiger partial charge < -0.3 is 24.6 Å². The molecule has 2 N–H and O–H groups in total. The first-order valence-corrected chi connectivity index (χ1v) is 27.3. The van der Waals surface area contributed by atoms with Gasteiger partial charge in [0.25, 0.3) is 0 Å². The van der Waals surface area contributed by atoms with E-state index in [1.807, 2.05) is 0 Å². The van der Waals surface area contributed by atoms with Gasteiger partial charge in [-0.2, -0.15) is 0 Å². The monoisotopic (exact) mass is 895 g/mol. The Morgan fingerprint density at radius 2 is 0.714 bits per heavy atom. The van der Waals surface area contributed by atoms with Crippen LogP contribution in [0.25, 0.3) is 0 Å². The van der Waals surface area contributed by atoms with E-state index in [1.165, 1.54) is 77.0 Å². The number of likely N-dealkylation sites (N-methyl/N-ethyl adjacent to an activating group) is 2. The molecule has 0 aromatic carbocycles. The van der Waals surface area contributed by atoms with Gasteiger partial charge in [-0.1, -0.05) is 190 Å². The third kappa shape index (κ3) is 34.2. The lowest BCUT2D eigenvalue weighted by Crippen LogP contribution is -2.37. The Balaban J connectivity index is 5.34. The summed E-state index contributed by atoms with van der Waals surface area (Å²) in [6, 6.07) is 0. The number of ether oxygens (including phenoxy) is 2. The van der Waals surface area contributed by atoms with Crippen LogP contribution < -0.4 is 0 Å². The number of carbonyl (C=O) groups is 3. The molecule has 0 aliphatic carbocycles. The number of carbonyl (C=O) groups excluding carboxylic acids is 1. The SMILES string of the molecule is CCCCCCC(CCCCCC)C(CCCCCCC(CCCCCCC(C(=O)O)C(CCCCCC)CCCCCC)OC(=O)OCCN(CC)CCN(CC)CC)C(=O)O. The summed E-state index contributed by atoms with van der Waals surface area (Å²) in [4.78, 5) is 42.8. The third-order valence-corrected chi connectivity index (χ3v) is 14.0. The quantitative estimate of drug-likeness (QED) is 0.0455. The fraction of sp³-hybridized carbons (Fsp3) is 0.944. The third-order valence-electron chi connectivity index (χ3n) is 14.0. The van der Waals surface area contributed by atoms with Gasteiger partial charge in [-0.3, -0.25) is 14.5 Å². The van der Waals surface area contributed by atoms with E-state index < -0.39 is 18.1 Å². The van der Waals surface area contributed by atoms with Crippen LogP contribution in [0.3, 0.4) is 0 Å². The zero-order valence-electron chi connectivity index (χ0n) is 42.8. The molecule has 9 heteroatoms. The molecule has 2 atom stereocenters. The number of carboxylic acid groups (broad SMARTS) is 2. The molecule has 9 nitrogen and oxygen atoms in total. The van der Waals surface area contributed by atoms with Crippen molar-refractivity contribution in [2.45, 2.75) is 260 Å². The minimum absolute atomic E-state index is 0.216. The summed E-state index contributed by atoms with van der Waals surface area (Å²) >= 11 is 0. The normalized spacial score (nSPS) is 13.3. The number of unbranched alkanes of at least 4 members (excludes halogenated alkanes) is 18. The van der Waals surface area contributed by atoms with Gasteiger partial charge in [0.2, 0.25) is 0 Å². The molecule has 0 saturated carbocycles. The van der Waals surface area contributed by atoms with Crippen LogP contribution in [0.15, 0.2) is 0 Å². The molecule has 0 aromatic heterocycles. The minimum Gasteiger partial charge on any atom is -0.481 e. The van der Waals surface area contributed by atoms with Crippen molar-refractivity contribution in [3.63, 3.8) is 0 Å². The van der Waals surface area contributed by atoms with E-state index in [2.05, 4.69) is 58.3 Å². The summed E-state index contributed by atoms with van der Waals surface area (Å²) in [7, 11) is 0. The Hall–Kier alpha value is -1.87. The maximum Gasteiger partial charge on any atom is 0.508 e. The van der Waals surface area contributed by atoms with Crippen LogP contribution in [0, 0.1) is 23.7 Å². The highest BCUT2D eigenvalue weighted by Gasteiger charge is 2.28. The van der Waals surface area contributed by atoms with Crippen LogP contribution in [0.2, 0.25) is 0 Å². The van der Waals surface area contributed by atoms with Gasteiger partial charge in [-0.15, -0.1) is 0 Å². The molecule has 0 bridgehead atoms. The van der Waals surface area contributed by atoms with Crippen molar-refractivity contribution in [2.75, 3.05) is 45.9 Å². The van der Waals surface area contributed by atoms with Crippen LogP contribution >= 0.6 is 0 Å². The van der Waals surface area contributed by atoms with Crippen molar-refractivity contribution in [3.8, 4) is 0 Å². The largest absolute Gasteiger partial charge is 0.508 e. The Bertz CT molecular complexity index is 958. The molecule has 0 amide bonds.